The van der Waals surface area contributed by atoms with Crippen LogP contribution in [0.2, 0.25) is 0 Å². The minimum absolute atomic E-state index is 0.114. The monoisotopic (exact) mass is 301 g/mol. The number of hydrogen-bond donors (Lipinski definition) is 0. The van der Waals surface area contributed by atoms with Crippen LogP contribution in [0.25, 0.3) is 0 Å². The minimum atomic E-state index is -0.978. The van der Waals surface area contributed by atoms with Crippen LogP contribution in [0.3, 0.4) is 0 Å². The molecule has 1 aliphatic rings. The average Bonchev–Trinajstić information content (AvgIpc) is 2.71. The van der Waals surface area contributed by atoms with E-state index in [-0.39, 0.29) is 11.7 Å². The van der Waals surface area contributed by atoms with Gasteiger partial charge in [0.05, 0.1) is 0 Å². The van der Waals surface area contributed by atoms with Crippen molar-refractivity contribution < 1.29 is 18.3 Å². The van der Waals surface area contributed by atoms with E-state index in [0.29, 0.717) is 6.54 Å². The van der Waals surface area contributed by atoms with Crippen molar-refractivity contribution >= 4 is 17.7 Å². The van der Waals surface area contributed by atoms with Crippen molar-refractivity contribution in [2.75, 3.05) is 24.6 Å². The molecular formula is C14H17F2NO2S. The van der Waals surface area contributed by atoms with Crippen LogP contribution in [-0.2, 0) is 4.79 Å². The van der Waals surface area contributed by atoms with Crippen LogP contribution in [0.5, 0.6) is 5.75 Å². The maximum atomic E-state index is 13.1. The SMILES string of the molecule is C[C@H](Oc1ccc(F)c(F)c1)C(=O)N1CCCSCC1. The predicted molar refractivity (Wildman–Crippen MR) is 75.0 cm³/mol. The van der Waals surface area contributed by atoms with Crippen LogP contribution < -0.4 is 4.74 Å². The van der Waals surface area contributed by atoms with Gasteiger partial charge in [0.15, 0.2) is 17.7 Å². The van der Waals surface area contributed by atoms with Gasteiger partial charge in [0.25, 0.3) is 5.91 Å². The van der Waals surface area contributed by atoms with Crippen molar-refractivity contribution in [3.63, 3.8) is 0 Å². The zero-order valence-corrected chi connectivity index (χ0v) is 12.1. The second kappa shape index (κ2) is 6.92. The third-order valence-corrected chi connectivity index (χ3v) is 4.13. The van der Waals surface area contributed by atoms with E-state index in [4.69, 9.17) is 4.74 Å². The van der Waals surface area contributed by atoms with Crippen LogP contribution in [0.15, 0.2) is 18.2 Å². The van der Waals surface area contributed by atoms with Crippen molar-refractivity contribution in [1.29, 1.82) is 0 Å². The van der Waals surface area contributed by atoms with Gasteiger partial charge in [0.1, 0.15) is 5.75 Å². The van der Waals surface area contributed by atoms with E-state index in [2.05, 4.69) is 0 Å². The molecular weight excluding hydrogens is 284 g/mol. The molecule has 0 unspecified atom stereocenters. The van der Waals surface area contributed by atoms with Crippen molar-refractivity contribution in [3.05, 3.63) is 29.8 Å². The highest BCUT2D eigenvalue weighted by Crippen LogP contribution is 2.18. The summed E-state index contributed by atoms with van der Waals surface area (Å²) in [6.07, 6.45) is 0.261. The van der Waals surface area contributed by atoms with E-state index in [0.717, 1.165) is 36.6 Å². The maximum absolute atomic E-state index is 13.1. The van der Waals surface area contributed by atoms with Gasteiger partial charge < -0.3 is 9.64 Å². The standard InChI is InChI=1S/C14H17F2NO2S/c1-10(14(18)17-5-2-7-20-8-6-17)19-11-3-4-12(15)13(16)9-11/h3-4,9-10H,2,5-8H2,1H3/t10-/m0/s1. The number of hydrogen-bond acceptors (Lipinski definition) is 3. The fourth-order valence-electron chi connectivity index (χ4n) is 2.03. The summed E-state index contributed by atoms with van der Waals surface area (Å²) in [6.45, 7) is 3.05. The summed E-state index contributed by atoms with van der Waals surface area (Å²) in [5.41, 5.74) is 0. The summed E-state index contributed by atoms with van der Waals surface area (Å²) in [6, 6.07) is 3.27. The van der Waals surface area contributed by atoms with Crippen LogP contribution in [0, 0.1) is 11.6 Å². The number of amides is 1. The molecule has 0 spiro atoms. The largest absolute Gasteiger partial charge is 0.481 e. The van der Waals surface area contributed by atoms with Gasteiger partial charge in [-0.05, 0) is 31.2 Å². The molecule has 0 radical (unpaired) electrons. The lowest BCUT2D eigenvalue weighted by Crippen LogP contribution is -2.41. The van der Waals surface area contributed by atoms with Crippen LogP contribution >= 0.6 is 11.8 Å². The Morgan fingerprint density at radius 1 is 1.30 bits per heavy atom. The summed E-state index contributed by atoms with van der Waals surface area (Å²) in [4.78, 5) is 14.0. The normalized spacial score (nSPS) is 17.4. The van der Waals surface area contributed by atoms with Crippen molar-refractivity contribution in [1.82, 2.24) is 4.90 Å². The average molecular weight is 301 g/mol. The van der Waals surface area contributed by atoms with Gasteiger partial charge in [-0.2, -0.15) is 11.8 Å². The zero-order chi connectivity index (χ0) is 14.5. The molecule has 3 nitrogen and oxygen atoms in total. The Morgan fingerprint density at radius 2 is 2.10 bits per heavy atom. The number of rotatable bonds is 3. The van der Waals surface area contributed by atoms with E-state index >= 15 is 0 Å². The van der Waals surface area contributed by atoms with Crippen LogP contribution in [0.1, 0.15) is 13.3 Å². The molecule has 1 aliphatic heterocycles. The lowest BCUT2D eigenvalue weighted by molar-refractivity contribution is -0.137. The molecule has 110 valence electrons. The number of nitrogens with zero attached hydrogens (tertiary/aromatic N) is 1. The number of benzene rings is 1. The third-order valence-electron chi connectivity index (χ3n) is 3.09. The second-order valence-electron chi connectivity index (χ2n) is 4.63. The Labute approximate surface area is 121 Å². The van der Waals surface area contributed by atoms with Gasteiger partial charge in [-0.15, -0.1) is 0 Å². The Morgan fingerprint density at radius 3 is 2.85 bits per heavy atom. The topological polar surface area (TPSA) is 29.5 Å². The summed E-state index contributed by atoms with van der Waals surface area (Å²) >= 11 is 1.83. The Hall–Kier alpha value is -1.30. The summed E-state index contributed by atoms with van der Waals surface area (Å²) in [5.74, 6) is 0.117. The van der Waals surface area contributed by atoms with Crippen LogP contribution in [-0.4, -0.2) is 41.5 Å². The fraction of sp³-hybridized carbons (Fsp3) is 0.500. The number of carbonyl (C=O) groups excluding carboxylic acids is 1. The number of carbonyl (C=O) groups is 1. The van der Waals surface area contributed by atoms with E-state index in [1.807, 2.05) is 11.8 Å². The molecule has 1 heterocycles. The Kier molecular flexibility index (Phi) is 5.23. The molecule has 1 aromatic carbocycles. The molecule has 1 atom stereocenters. The minimum Gasteiger partial charge on any atom is -0.481 e. The van der Waals surface area contributed by atoms with E-state index in [1.165, 1.54) is 6.07 Å². The van der Waals surface area contributed by atoms with Gasteiger partial charge in [0, 0.05) is 24.9 Å². The van der Waals surface area contributed by atoms with E-state index < -0.39 is 17.7 Å². The predicted octanol–water partition coefficient (Wildman–Crippen LogP) is 2.70. The van der Waals surface area contributed by atoms with Gasteiger partial charge in [-0.25, -0.2) is 8.78 Å². The van der Waals surface area contributed by atoms with Crippen molar-refractivity contribution in [2.45, 2.75) is 19.4 Å². The first-order valence-electron chi connectivity index (χ1n) is 6.56. The first-order valence-corrected chi connectivity index (χ1v) is 7.71. The molecule has 20 heavy (non-hydrogen) atoms. The first-order chi connectivity index (χ1) is 9.58. The third kappa shape index (κ3) is 3.85. The molecule has 0 saturated carbocycles. The quantitative estimate of drug-likeness (QED) is 0.860. The first kappa shape index (κ1) is 15.1. The molecule has 0 aliphatic carbocycles. The number of halogens is 2. The number of thioether (sulfide) groups is 1. The Balaban J connectivity index is 1.97. The summed E-state index contributed by atoms with van der Waals surface area (Å²) in [7, 11) is 0. The zero-order valence-electron chi connectivity index (χ0n) is 11.3. The van der Waals surface area contributed by atoms with E-state index in [1.54, 1.807) is 11.8 Å². The molecule has 1 fully saturated rings. The highest BCUT2D eigenvalue weighted by Gasteiger charge is 2.23. The lowest BCUT2D eigenvalue weighted by atomic mass is 10.3. The molecule has 0 N–H and O–H groups in total. The fourth-order valence-corrected chi connectivity index (χ4v) is 2.92. The molecule has 6 heteroatoms. The highest BCUT2D eigenvalue weighted by molar-refractivity contribution is 7.99. The van der Waals surface area contributed by atoms with E-state index in [9.17, 15) is 13.6 Å². The Bertz CT molecular complexity index is 476. The van der Waals surface area contributed by atoms with Gasteiger partial charge >= 0.3 is 0 Å². The lowest BCUT2D eigenvalue weighted by Gasteiger charge is -2.24. The molecule has 1 saturated heterocycles. The van der Waals surface area contributed by atoms with Crippen molar-refractivity contribution in [3.8, 4) is 5.75 Å². The molecule has 1 aromatic rings. The van der Waals surface area contributed by atoms with Crippen LogP contribution in [0.4, 0.5) is 8.78 Å². The summed E-state index contributed by atoms with van der Waals surface area (Å²) < 4.78 is 31.3. The molecule has 0 aromatic heterocycles. The maximum Gasteiger partial charge on any atom is 0.263 e. The molecule has 2 rings (SSSR count). The second-order valence-corrected chi connectivity index (χ2v) is 5.85. The number of ether oxygens (including phenoxy) is 1. The smallest absolute Gasteiger partial charge is 0.263 e. The highest BCUT2D eigenvalue weighted by atomic mass is 32.2. The van der Waals surface area contributed by atoms with Gasteiger partial charge in [0.2, 0.25) is 0 Å². The molecule has 0 bridgehead atoms. The van der Waals surface area contributed by atoms with Crippen molar-refractivity contribution in [2.24, 2.45) is 0 Å². The molecule has 1 amide bonds. The van der Waals surface area contributed by atoms with Gasteiger partial charge in [-0.3, -0.25) is 4.79 Å². The summed E-state index contributed by atoms with van der Waals surface area (Å²) in [5, 5.41) is 0. The van der Waals surface area contributed by atoms with Gasteiger partial charge in [-0.1, -0.05) is 0 Å².